The molecular weight excluding hydrogens is 410 g/mol. The van der Waals surface area contributed by atoms with Gasteiger partial charge in [0.05, 0.1) is 0 Å². The fourth-order valence-corrected chi connectivity index (χ4v) is 5.91. The zero-order valence-corrected chi connectivity index (χ0v) is 19.8. The van der Waals surface area contributed by atoms with Crippen LogP contribution in [0, 0.1) is 0 Å². The first-order valence-electron chi connectivity index (χ1n) is 12.6. The minimum absolute atomic E-state index is 0.583. The van der Waals surface area contributed by atoms with Crippen molar-refractivity contribution in [2.45, 2.75) is 44.6 Å². The molecule has 0 bridgehead atoms. The van der Waals surface area contributed by atoms with E-state index in [1.165, 1.54) is 64.0 Å². The number of hydrogen-bond acceptors (Lipinski definition) is 1. The summed E-state index contributed by atoms with van der Waals surface area (Å²) in [4.78, 5) is 2.63. The second-order valence-electron chi connectivity index (χ2n) is 9.79. The summed E-state index contributed by atoms with van der Waals surface area (Å²) in [5.74, 6) is 0.628. The summed E-state index contributed by atoms with van der Waals surface area (Å²) in [6, 6.07) is 29.2. The molecule has 168 valence electrons. The van der Waals surface area contributed by atoms with E-state index in [0.717, 1.165) is 6.42 Å². The number of anilines is 1. The SMILES string of the molecule is CC1=CC=C(N2c3ccc(C=C(c4ccccc4)c4ccccc4)cc3C3CCCC32)C=CC1. The maximum Gasteiger partial charge on any atom is 0.0450 e. The van der Waals surface area contributed by atoms with Crippen molar-refractivity contribution in [2.24, 2.45) is 0 Å². The van der Waals surface area contributed by atoms with Crippen molar-refractivity contribution >= 4 is 17.3 Å². The Balaban J connectivity index is 1.44. The summed E-state index contributed by atoms with van der Waals surface area (Å²) < 4.78 is 0. The highest BCUT2D eigenvalue weighted by Crippen LogP contribution is 2.51. The average Bonchev–Trinajstić information content (AvgIpc) is 3.40. The van der Waals surface area contributed by atoms with Gasteiger partial charge in [0.1, 0.15) is 0 Å². The van der Waals surface area contributed by atoms with E-state index in [4.69, 9.17) is 0 Å². The molecule has 6 rings (SSSR count). The standard InChI is InChI=1S/C33H31N/c1-24-10-8-15-28(20-18-24)34-32-17-9-16-29(32)31-23-25(19-21-33(31)34)22-30(26-11-4-2-5-12-26)27-13-6-3-7-14-27/h2-8,11-15,18-23,29,32H,9-10,16-17H2,1H3. The number of hydrogen-bond donors (Lipinski definition) is 0. The van der Waals surface area contributed by atoms with Crippen molar-refractivity contribution in [3.63, 3.8) is 0 Å². The molecule has 3 aliphatic rings. The first-order chi connectivity index (χ1) is 16.8. The Hall–Kier alpha value is -3.58. The average molecular weight is 442 g/mol. The number of rotatable bonds is 4. The van der Waals surface area contributed by atoms with Crippen LogP contribution < -0.4 is 4.90 Å². The van der Waals surface area contributed by atoms with Crippen molar-refractivity contribution in [3.05, 3.63) is 137 Å². The quantitative estimate of drug-likeness (QED) is 0.367. The van der Waals surface area contributed by atoms with Crippen LogP contribution in [-0.2, 0) is 0 Å². The third-order valence-corrected chi connectivity index (χ3v) is 7.55. The van der Waals surface area contributed by atoms with Crippen molar-refractivity contribution in [1.82, 2.24) is 0 Å². The summed E-state index contributed by atoms with van der Waals surface area (Å²) in [5.41, 5.74) is 10.8. The molecule has 2 unspecified atom stereocenters. The molecule has 34 heavy (non-hydrogen) atoms. The van der Waals surface area contributed by atoms with Crippen LogP contribution in [0.2, 0.25) is 0 Å². The van der Waals surface area contributed by atoms with Crippen LogP contribution in [0.4, 0.5) is 5.69 Å². The van der Waals surface area contributed by atoms with E-state index in [1.807, 2.05) is 0 Å². The molecular formula is C33H31N. The van der Waals surface area contributed by atoms with E-state index >= 15 is 0 Å². The predicted octanol–water partition coefficient (Wildman–Crippen LogP) is 8.52. The second kappa shape index (κ2) is 8.99. The van der Waals surface area contributed by atoms with Gasteiger partial charge in [-0.3, -0.25) is 0 Å². The fourth-order valence-electron chi connectivity index (χ4n) is 5.91. The maximum absolute atomic E-state index is 2.63. The minimum atomic E-state index is 0.583. The highest BCUT2D eigenvalue weighted by Gasteiger charge is 2.42. The molecule has 0 saturated heterocycles. The highest BCUT2D eigenvalue weighted by molar-refractivity contribution is 5.92. The van der Waals surface area contributed by atoms with Crippen LogP contribution in [-0.4, -0.2) is 6.04 Å². The van der Waals surface area contributed by atoms with E-state index in [-0.39, 0.29) is 0 Å². The third kappa shape index (κ3) is 3.86. The van der Waals surface area contributed by atoms with Crippen LogP contribution in [0.3, 0.4) is 0 Å². The van der Waals surface area contributed by atoms with Crippen molar-refractivity contribution in [3.8, 4) is 0 Å². The molecule has 2 atom stereocenters. The molecule has 1 heteroatoms. The Labute approximate surface area is 203 Å². The Bertz CT molecular complexity index is 1270. The van der Waals surface area contributed by atoms with Crippen molar-refractivity contribution < 1.29 is 0 Å². The molecule has 0 aromatic heterocycles. The lowest BCUT2D eigenvalue weighted by atomic mass is 9.93. The molecule has 3 aromatic carbocycles. The van der Waals surface area contributed by atoms with Crippen LogP contribution in [0.5, 0.6) is 0 Å². The van der Waals surface area contributed by atoms with E-state index in [1.54, 1.807) is 0 Å². The second-order valence-corrected chi connectivity index (χ2v) is 9.79. The largest absolute Gasteiger partial charge is 0.338 e. The lowest BCUT2D eigenvalue weighted by Crippen LogP contribution is -2.29. The van der Waals surface area contributed by atoms with Gasteiger partial charge in [0.25, 0.3) is 0 Å². The third-order valence-electron chi connectivity index (χ3n) is 7.55. The zero-order valence-electron chi connectivity index (χ0n) is 19.8. The summed E-state index contributed by atoms with van der Waals surface area (Å²) in [5, 5.41) is 0. The van der Waals surface area contributed by atoms with Gasteiger partial charge in [-0.25, -0.2) is 0 Å². The van der Waals surface area contributed by atoms with Gasteiger partial charge in [0.15, 0.2) is 0 Å². The smallest absolute Gasteiger partial charge is 0.0450 e. The summed E-state index contributed by atoms with van der Waals surface area (Å²) in [7, 11) is 0. The Morgan fingerprint density at radius 2 is 1.59 bits per heavy atom. The Morgan fingerprint density at radius 3 is 2.32 bits per heavy atom. The van der Waals surface area contributed by atoms with Gasteiger partial charge < -0.3 is 4.90 Å². The van der Waals surface area contributed by atoms with Crippen molar-refractivity contribution in [1.29, 1.82) is 0 Å². The molecule has 1 fully saturated rings. The first kappa shape index (κ1) is 21.0. The summed E-state index contributed by atoms with van der Waals surface area (Å²) in [6.45, 7) is 2.22. The van der Waals surface area contributed by atoms with Gasteiger partial charge >= 0.3 is 0 Å². The van der Waals surface area contributed by atoms with Crippen LogP contribution in [0.15, 0.2) is 114 Å². The zero-order chi connectivity index (χ0) is 22.9. The molecule has 2 aliphatic carbocycles. The van der Waals surface area contributed by atoms with Crippen LogP contribution in [0.1, 0.15) is 60.8 Å². The van der Waals surface area contributed by atoms with Crippen LogP contribution in [0.25, 0.3) is 11.6 Å². The highest BCUT2D eigenvalue weighted by atomic mass is 15.2. The maximum atomic E-state index is 2.63. The van der Waals surface area contributed by atoms with Gasteiger partial charge in [-0.1, -0.05) is 90.9 Å². The topological polar surface area (TPSA) is 3.24 Å². The number of fused-ring (bicyclic) bond motifs is 3. The monoisotopic (exact) mass is 441 g/mol. The van der Waals surface area contributed by atoms with E-state index in [2.05, 4.69) is 121 Å². The van der Waals surface area contributed by atoms with Gasteiger partial charge in [0, 0.05) is 23.3 Å². The molecule has 0 radical (unpaired) electrons. The molecule has 1 nitrogen and oxygen atoms in total. The van der Waals surface area contributed by atoms with Crippen LogP contribution >= 0.6 is 0 Å². The van der Waals surface area contributed by atoms with E-state index < -0.39 is 0 Å². The predicted molar refractivity (Wildman–Crippen MR) is 145 cm³/mol. The number of nitrogens with zero attached hydrogens (tertiary/aromatic N) is 1. The van der Waals surface area contributed by atoms with Crippen molar-refractivity contribution in [2.75, 3.05) is 4.90 Å². The summed E-state index contributed by atoms with van der Waals surface area (Å²) >= 11 is 0. The normalized spacial score (nSPS) is 20.8. The molecule has 0 amide bonds. The molecule has 1 aliphatic heterocycles. The molecule has 1 saturated carbocycles. The van der Waals surface area contributed by atoms with E-state index in [9.17, 15) is 0 Å². The molecule has 0 N–H and O–H groups in total. The van der Waals surface area contributed by atoms with E-state index in [0.29, 0.717) is 12.0 Å². The summed E-state index contributed by atoms with van der Waals surface area (Å²) in [6.07, 6.45) is 16.5. The number of benzene rings is 3. The first-order valence-corrected chi connectivity index (χ1v) is 12.6. The van der Waals surface area contributed by atoms with Gasteiger partial charge in [-0.15, -0.1) is 0 Å². The van der Waals surface area contributed by atoms with Gasteiger partial charge in [0.2, 0.25) is 0 Å². The number of allylic oxidation sites excluding steroid dienone is 5. The molecule has 3 aromatic rings. The molecule has 0 spiro atoms. The van der Waals surface area contributed by atoms with Gasteiger partial charge in [-0.2, -0.15) is 0 Å². The lowest BCUT2D eigenvalue weighted by Gasteiger charge is -2.28. The minimum Gasteiger partial charge on any atom is -0.338 e. The Morgan fingerprint density at radius 1 is 0.853 bits per heavy atom. The lowest BCUT2D eigenvalue weighted by molar-refractivity contribution is 0.630. The molecule has 1 heterocycles. The fraction of sp³-hybridized carbons (Fsp3) is 0.212. The van der Waals surface area contributed by atoms with Gasteiger partial charge in [-0.05, 0) is 84.4 Å². The Kier molecular flexibility index (Phi) is 5.55.